The molecular formula is C27H34O6. The smallest absolute Gasteiger partial charge is 0.321 e. The highest BCUT2D eigenvalue weighted by Gasteiger charge is 2.44. The number of benzene rings is 2. The van der Waals surface area contributed by atoms with Crippen LogP contribution >= 0.6 is 0 Å². The quantitative estimate of drug-likeness (QED) is 0.283. The molecule has 0 aliphatic rings. The molecule has 0 saturated carbocycles. The fourth-order valence-electron chi connectivity index (χ4n) is 3.32. The largest absolute Gasteiger partial charge is 0.461 e. The van der Waals surface area contributed by atoms with Crippen LogP contribution in [0.3, 0.4) is 0 Å². The number of esters is 3. The zero-order valence-corrected chi connectivity index (χ0v) is 20.1. The lowest BCUT2D eigenvalue weighted by Crippen LogP contribution is -2.42. The van der Waals surface area contributed by atoms with Gasteiger partial charge in [0.1, 0.15) is 18.8 Å². The Bertz CT molecular complexity index is 899. The Morgan fingerprint density at radius 2 is 1.18 bits per heavy atom. The summed E-state index contributed by atoms with van der Waals surface area (Å²) in [4.78, 5) is 39.3. The minimum absolute atomic E-state index is 0.00751. The lowest BCUT2D eigenvalue weighted by molar-refractivity contribution is -0.179. The van der Waals surface area contributed by atoms with Gasteiger partial charge >= 0.3 is 17.9 Å². The summed E-state index contributed by atoms with van der Waals surface area (Å²) < 4.78 is 16.5. The van der Waals surface area contributed by atoms with Crippen molar-refractivity contribution in [2.75, 3.05) is 0 Å². The Kier molecular flexibility index (Phi) is 9.64. The lowest BCUT2D eigenvalue weighted by Gasteiger charge is -2.28. The van der Waals surface area contributed by atoms with Crippen LogP contribution in [0, 0.1) is 17.8 Å². The van der Waals surface area contributed by atoms with Crippen molar-refractivity contribution in [1.82, 2.24) is 0 Å². The molecule has 0 fully saturated rings. The van der Waals surface area contributed by atoms with Gasteiger partial charge < -0.3 is 14.2 Å². The number of hydrogen-bond donors (Lipinski definition) is 0. The molecule has 0 spiro atoms. The number of hydrogen-bond acceptors (Lipinski definition) is 6. The van der Waals surface area contributed by atoms with Crippen molar-refractivity contribution in [3.05, 3.63) is 71.8 Å². The SMILES string of the molecule is CC(C)C[C@@H](C(=O)OCc1ccccc1)C(C(=O)OCc1ccccc1)C(=O)OC(C)(C)C. The normalized spacial score (nSPS) is 13.2. The third kappa shape index (κ3) is 9.08. The maximum absolute atomic E-state index is 13.1. The molecule has 0 heterocycles. The molecule has 6 heteroatoms. The first-order valence-electron chi connectivity index (χ1n) is 11.2. The van der Waals surface area contributed by atoms with Crippen LogP contribution in [0.15, 0.2) is 60.7 Å². The van der Waals surface area contributed by atoms with E-state index in [0.29, 0.717) is 0 Å². The Morgan fingerprint density at radius 3 is 1.61 bits per heavy atom. The van der Waals surface area contributed by atoms with Crippen molar-refractivity contribution in [2.24, 2.45) is 17.8 Å². The molecule has 178 valence electrons. The molecule has 2 aromatic rings. The van der Waals surface area contributed by atoms with E-state index in [1.165, 1.54) is 0 Å². The molecule has 33 heavy (non-hydrogen) atoms. The predicted octanol–water partition coefficient (Wildman–Crippen LogP) is 5.09. The van der Waals surface area contributed by atoms with E-state index in [0.717, 1.165) is 11.1 Å². The van der Waals surface area contributed by atoms with Crippen LogP contribution < -0.4 is 0 Å². The zero-order valence-electron chi connectivity index (χ0n) is 20.1. The molecular weight excluding hydrogens is 420 g/mol. The van der Waals surface area contributed by atoms with Gasteiger partial charge in [0.05, 0.1) is 5.92 Å². The third-order valence-electron chi connectivity index (χ3n) is 4.79. The standard InChI is InChI=1S/C27H34O6/c1-19(2)16-22(24(28)31-17-20-12-8-6-9-13-20)23(26(30)33-27(3,4)5)25(29)32-18-21-14-10-7-11-15-21/h6-15,19,22-23H,16-18H2,1-5H3/t22-,23?/m1/s1. The Labute approximate surface area is 196 Å². The molecule has 2 atom stereocenters. The van der Waals surface area contributed by atoms with E-state index in [9.17, 15) is 14.4 Å². The van der Waals surface area contributed by atoms with E-state index in [1.54, 1.807) is 20.8 Å². The Balaban J connectivity index is 2.25. The van der Waals surface area contributed by atoms with Crippen molar-refractivity contribution in [3.8, 4) is 0 Å². The number of carbonyl (C=O) groups is 3. The molecule has 0 amide bonds. The number of ether oxygens (including phenoxy) is 3. The van der Waals surface area contributed by atoms with Gasteiger partial charge in [-0.3, -0.25) is 14.4 Å². The summed E-state index contributed by atoms with van der Waals surface area (Å²) in [7, 11) is 0. The van der Waals surface area contributed by atoms with Crippen LogP contribution in [0.4, 0.5) is 0 Å². The van der Waals surface area contributed by atoms with Crippen LogP contribution in [0.1, 0.15) is 52.2 Å². The van der Waals surface area contributed by atoms with Gasteiger partial charge in [0, 0.05) is 0 Å². The van der Waals surface area contributed by atoms with Gasteiger partial charge in [-0.15, -0.1) is 0 Å². The van der Waals surface area contributed by atoms with Gasteiger partial charge in [-0.1, -0.05) is 74.5 Å². The summed E-state index contributed by atoms with van der Waals surface area (Å²) in [5, 5.41) is 0. The second-order valence-electron chi connectivity index (χ2n) is 9.43. The van der Waals surface area contributed by atoms with E-state index in [-0.39, 0.29) is 25.6 Å². The average molecular weight is 455 g/mol. The highest BCUT2D eigenvalue weighted by atomic mass is 16.6. The van der Waals surface area contributed by atoms with Gasteiger partial charge in [-0.25, -0.2) is 0 Å². The molecule has 0 radical (unpaired) electrons. The molecule has 0 aliphatic carbocycles. The van der Waals surface area contributed by atoms with Gasteiger partial charge in [-0.05, 0) is 44.2 Å². The average Bonchev–Trinajstić information content (AvgIpc) is 2.75. The predicted molar refractivity (Wildman–Crippen MR) is 125 cm³/mol. The minimum atomic E-state index is -1.42. The summed E-state index contributed by atoms with van der Waals surface area (Å²) in [6.45, 7) is 9.01. The topological polar surface area (TPSA) is 78.9 Å². The van der Waals surface area contributed by atoms with Crippen LogP contribution in [0.5, 0.6) is 0 Å². The number of carbonyl (C=O) groups excluding carboxylic acids is 3. The Morgan fingerprint density at radius 1 is 0.727 bits per heavy atom. The third-order valence-corrected chi connectivity index (χ3v) is 4.79. The first-order valence-corrected chi connectivity index (χ1v) is 11.2. The second-order valence-corrected chi connectivity index (χ2v) is 9.43. The van der Waals surface area contributed by atoms with Crippen LogP contribution in [-0.2, 0) is 41.8 Å². The van der Waals surface area contributed by atoms with Crippen molar-refractivity contribution in [1.29, 1.82) is 0 Å². The highest BCUT2D eigenvalue weighted by molar-refractivity contribution is 5.99. The monoisotopic (exact) mass is 454 g/mol. The van der Waals surface area contributed by atoms with E-state index in [2.05, 4.69) is 0 Å². The van der Waals surface area contributed by atoms with Crippen molar-refractivity contribution < 1.29 is 28.6 Å². The molecule has 1 unspecified atom stereocenters. The van der Waals surface area contributed by atoms with Gasteiger partial charge in [0.2, 0.25) is 0 Å². The second kappa shape index (κ2) is 12.2. The molecule has 2 aromatic carbocycles. The maximum atomic E-state index is 13.1. The number of rotatable bonds is 10. The molecule has 0 N–H and O–H groups in total. The molecule has 0 bridgehead atoms. The fourth-order valence-corrected chi connectivity index (χ4v) is 3.32. The van der Waals surface area contributed by atoms with Gasteiger partial charge in [0.25, 0.3) is 0 Å². The van der Waals surface area contributed by atoms with Crippen LogP contribution in [0.2, 0.25) is 0 Å². The van der Waals surface area contributed by atoms with Crippen molar-refractivity contribution in [3.63, 3.8) is 0 Å². The summed E-state index contributed by atoms with van der Waals surface area (Å²) in [6, 6.07) is 18.4. The first kappa shape index (κ1) is 26.1. The van der Waals surface area contributed by atoms with E-state index in [4.69, 9.17) is 14.2 Å². The van der Waals surface area contributed by atoms with E-state index < -0.39 is 35.3 Å². The molecule has 0 aliphatic heterocycles. The molecule has 0 saturated heterocycles. The Hall–Kier alpha value is -3.15. The summed E-state index contributed by atoms with van der Waals surface area (Å²) in [5.41, 5.74) is 0.765. The van der Waals surface area contributed by atoms with Gasteiger partial charge in [-0.2, -0.15) is 0 Å². The molecule has 6 nitrogen and oxygen atoms in total. The van der Waals surface area contributed by atoms with Crippen molar-refractivity contribution in [2.45, 2.75) is 59.9 Å². The molecule has 0 aromatic heterocycles. The maximum Gasteiger partial charge on any atom is 0.321 e. The van der Waals surface area contributed by atoms with Crippen molar-refractivity contribution >= 4 is 17.9 Å². The van der Waals surface area contributed by atoms with Crippen LogP contribution in [0.25, 0.3) is 0 Å². The van der Waals surface area contributed by atoms with E-state index in [1.807, 2.05) is 74.5 Å². The first-order chi connectivity index (χ1) is 15.6. The molecule has 2 rings (SSSR count). The summed E-state index contributed by atoms with van der Waals surface area (Å²) in [6.07, 6.45) is 0.276. The zero-order chi connectivity index (χ0) is 24.4. The summed E-state index contributed by atoms with van der Waals surface area (Å²) in [5.74, 6) is -4.62. The van der Waals surface area contributed by atoms with E-state index >= 15 is 0 Å². The highest BCUT2D eigenvalue weighted by Crippen LogP contribution is 2.27. The summed E-state index contributed by atoms with van der Waals surface area (Å²) >= 11 is 0. The lowest BCUT2D eigenvalue weighted by atomic mass is 9.85. The van der Waals surface area contributed by atoms with Gasteiger partial charge in [0.15, 0.2) is 5.92 Å². The fraction of sp³-hybridized carbons (Fsp3) is 0.444. The minimum Gasteiger partial charge on any atom is -0.461 e. The van der Waals surface area contributed by atoms with Crippen LogP contribution in [-0.4, -0.2) is 23.5 Å².